The minimum Gasteiger partial charge on any atom is -0.444 e. The molecule has 0 saturated heterocycles. The van der Waals surface area contributed by atoms with Crippen LogP contribution in [-0.2, 0) is 11.3 Å². The smallest absolute Gasteiger partial charge is 0.412 e. The van der Waals surface area contributed by atoms with Crippen molar-refractivity contribution < 1.29 is 14.6 Å². The van der Waals surface area contributed by atoms with Gasteiger partial charge in [-0.3, -0.25) is 15.2 Å². The van der Waals surface area contributed by atoms with Gasteiger partial charge in [0.15, 0.2) is 0 Å². The van der Waals surface area contributed by atoms with Crippen molar-refractivity contribution in [3.8, 4) is 20.9 Å². The van der Waals surface area contributed by atoms with Gasteiger partial charge in [-0.15, -0.1) is 11.3 Å². The van der Waals surface area contributed by atoms with Gasteiger partial charge < -0.3 is 9.84 Å². The predicted octanol–water partition coefficient (Wildman–Crippen LogP) is 5.26. The van der Waals surface area contributed by atoms with E-state index < -0.39 is 17.9 Å². The summed E-state index contributed by atoms with van der Waals surface area (Å²) in [6, 6.07) is 12.2. The molecule has 3 heterocycles. The van der Waals surface area contributed by atoms with E-state index in [0.717, 1.165) is 38.6 Å². The van der Waals surface area contributed by atoms with Gasteiger partial charge in [0.25, 0.3) is 0 Å². The second kappa shape index (κ2) is 7.83. The van der Waals surface area contributed by atoms with E-state index in [2.05, 4.69) is 34.6 Å². The molecule has 0 bridgehead atoms. The van der Waals surface area contributed by atoms with Crippen molar-refractivity contribution in [3.05, 3.63) is 59.9 Å². The van der Waals surface area contributed by atoms with E-state index in [9.17, 15) is 9.90 Å². The van der Waals surface area contributed by atoms with E-state index in [1.807, 2.05) is 44.9 Å². The number of aromatic nitrogens is 1. The van der Waals surface area contributed by atoms with Crippen molar-refractivity contribution in [1.29, 1.82) is 0 Å². The highest BCUT2D eigenvalue weighted by molar-refractivity contribution is 7.18. The molecular weight excluding hydrogens is 398 g/mol. The molecule has 7 heteroatoms. The summed E-state index contributed by atoms with van der Waals surface area (Å²) in [6.45, 7) is 6.23. The molecular formula is C23H25N3O3S. The summed E-state index contributed by atoms with van der Waals surface area (Å²) in [7, 11) is 1.92. The third kappa shape index (κ3) is 4.38. The third-order valence-electron chi connectivity index (χ3n) is 4.82. The van der Waals surface area contributed by atoms with Gasteiger partial charge in [-0.25, -0.2) is 4.79 Å². The Kier molecular flexibility index (Phi) is 5.36. The standard InChI is InChI=1S/C23H25N3O3S/c1-23(2,3)29-22(28)25-17-9-16(11-24-12-17)20-8-7-19(30-20)14-5-6-15-13-26(4)21(27)18(15)10-14/h5-12,21,27H,13H2,1-4H3,(H,25,28). The summed E-state index contributed by atoms with van der Waals surface area (Å²) in [4.78, 5) is 20.4. The Balaban J connectivity index is 1.55. The van der Waals surface area contributed by atoms with E-state index in [-0.39, 0.29) is 0 Å². The summed E-state index contributed by atoms with van der Waals surface area (Å²) < 4.78 is 5.30. The van der Waals surface area contributed by atoms with Crippen molar-refractivity contribution in [2.75, 3.05) is 12.4 Å². The highest BCUT2D eigenvalue weighted by atomic mass is 32.1. The van der Waals surface area contributed by atoms with E-state index in [0.29, 0.717) is 5.69 Å². The first-order valence-corrected chi connectivity index (χ1v) is 10.6. The lowest BCUT2D eigenvalue weighted by Crippen LogP contribution is -2.27. The van der Waals surface area contributed by atoms with Gasteiger partial charge in [-0.1, -0.05) is 12.1 Å². The molecule has 0 saturated carbocycles. The summed E-state index contributed by atoms with van der Waals surface area (Å²) in [5, 5.41) is 13.1. The number of rotatable bonds is 3. The Bertz CT molecular complexity index is 1090. The van der Waals surface area contributed by atoms with Gasteiger partial charge in [0.05, 0.1) is 11.9 Å². The fourth-order valence-corrected chi connectivity index (χ4v) is 4.42. The lowest BCUT2D eigenvalue weighted by molar-refractivity contribution is 0.0337. The van der Waals surface area contributed by atoms with Crippen LogP contribution in [0.3, 0.4) is 0 Å². The Morgan fingerprint density at radius 1 is 1.17 bits per heavy atom. The van der Waals surface area contributed by atoms with Crippen molar-refractivity contribution in [1.82, 2.24) is 9.88 Å². The third-order valence-corrected chi connectivity index (χ3v) is 6.00. The lowest BCUT2D eigenvalue weighted by atomic mass is 10.0. The molecule has 1 aliphatic heterocycles. The molecule has 3 aromatic rings. The zero-order valence-corrected chi connectivity index (χ0v) is 18.3. The number of fused-ring (bicyclic) bond motifs is 1. The first-order valence-electron chi connectivity index (χ1n) is 9.76. The largest absolute Gasteiger partial charge is 0.444 e. The molecule has 2 N–H and O–H groups in total. The van der Waals surface area contributed by atoms with Gasteiger partial charge in [-0.05, 0) is 63.2 Å². The van der Waals surface area contributed by atoms with Crippen LogP contribution in [0.4, 0.5) is 10.5 Å². The molecule has 1 atom stereocenters. The number of ether oxygens (including phenoxy) is 1. The zero-order chi connectivity index (χ0) is 21.5. The second-order valence-corrected chi connectivity index (χ2v) is 9.54. The number of nitrogens with zero attached hydrogens (tertiary/aromatic N) is 2. The van der Waals surface area contributed by atoms with Crippen LogP contribution in [0.25, 0.3) is 20.9 Å². The maximum Gasteiger partial charge on any atom is 0.412 e. The number of aliphatic hydroxyl groups is 1. The zero-order valence-electron chi connectivity index (χ0n) is 17.5. The molecule has 0 fully saturated rings. The van der Waals surface area contributed by atoms with Gasteiger partial charge in [0.2, 0.25) is 0 Å². The Hall–Kier alpha value is -2.74. The first-order chi connectivity index (χ1) is 14.2. The number of benzene rings is 1. The molecule has 0 radical (unpaired) electrons. The number of carbonyl (C=O) groups is 1. The summed E-state index contributed by atoms with van der Waals surface area (Å²) in [6.07, 6.45) is 2.31. The van der Waals surface area contributed by atoms with Gasteiger partial charge >= 0.3 is 6.09 Å². The number of carbonyl (C=O) groups excluding carboxylic acids is 1. The summed E-state index contributed by atoms with van der Waals surface area (Å²) in [5.41, 5.74) is 4.15. The van der Waals surface area contributed by atoms with Gasteiger partial charge in [-0.2, -0.15) is 0 Å². The minimum absolute atomic E-state index is 0.505. The second-order valence-electron chi connectivity index (χ2n) is 8.46. The molecule has 1 aliphatic rings. The molecule has 0 spiro atoms. The summed E-state index contributed by atoms with van der Waals surface area (Å²) >= 11 is 1.64. The van der Waals surface area contributed by atoms with E-state index in [1.54, 1.807) is 23.7 Å². The van der Waals surface area contributed by atoms with Crippen LogP contribution in [-0.4, -0.2) is 33.7 Å². The quantitative estimate of drug-likeness (QED) is 0.601. The maximum atomic E-state index is 12.0. The highest BCUT2D eigenvalue weighted by Crippen LogP contribution is 2.38. The lowest BCUT2D eigenvalue weighted by Gasteiger charge is -2.19. The highest BCUT2D eigenvalue weighted by Gasteiger charge is 2.25. The Morgan fingerprint density at radius 2 is 1.90 bits per heavy atom. The number of hydrogen-bond acceptors (Lipinski definition) is 6. The van der Waals surface area contributed by atoms with Crippen molar-refractivity contribution in [3.63, 3.8) is 0 Å². The fraction of sp³-hybridized carbons (Fsp3) is 0.304. The van der Waals surface area contributed by atoms with E-state index >= 15 is 0 Å². The van der Waals surface area contributed by atoms with Gasteiger partial charge in [0, 0.05) is 33.6 Å². The molecule has 2 aromatic heterocycles. The monoisotopic (exact) mass is 423 g/mol. The molecule has 1 unspecified atom stereocenters. The number of hydrogen-bond donors (Lipinski definition) is 2. The van der Waals surface area contributed by atoms with E-state index in [1.165, 1.54) is 0 Å². The van der Waals surface area contributed by atoms with Crippen LogP contribution in [0.2, 0.25) is 0 Å². The van der Waals surface area contributed by atoms with Crippen LogP contribution >= 0.6 is 11.3 Å². The van der Waals surface area contributed by atoms with Crippen molar-refractivity contribution in [2.45, 2.75) is 39.1 Å². The number of aliphatic hydroxyl groups excluding tert-OH is 1. The molecule has 4 rings (SSSR count). The van der Waals surface area contributed by atoms with Crippen LogP contribution in [0.5, 0.6) is 0 Å². The molecule has 30 heavy (non-hydrogen) atoms. The molecule has 1 aromatic carbocycles. The van der Waals surface area contributed by atoms with Crippen molar-refractivity contribution >= 4 is 23.1 Å². The predicted molar refractivity (Wildman–Crippen MR) is 119 cm³/mol. The minimum atomic E-state index is -0.560. The number of nitrogens with one attached hydrogen (secondary N) is 1. The molecule has 1 amide bonds. The number of amides is 1. The van der Waals surface area contributed by atoms with E-state index in [4.69, 9.17) is 4.74 Å². The normalized spacial score (nSPS) is 16.4. The number of thiophene rings is 1. The van der Waals surface area contributed by atoms with Crippen LogP contribution < -0.4 is 5.32 Å². The SMILES string of the molecule is CN1Cc2ccc(-c3ccc(-c4cncc(NC(=O)OC(C)(C)C)c4)s3)cc2C1O. The first kappa shape index (κ1) is 20.5. The molecule has 6 nitrogen and oxygen atoms in total. The Labute approximate surface area is 180 Å². The fourth-order valence-electron chi connectivity index (χ4n) is 3.44. The molecule has 0 aliphatic carbocycles. The number of anilines is 1. The average Bonchev–Trinajstić information content (AvgIpc) is 3.26. The number of pyridine rings is 1. The summed E-state index contributed by atoms with van der Waals surface area (Å²) in [5.74, 6) is 0. The van der Waals surface area contributed by atoms with Crippen LogP contribution in [0.15, 0.2) is 48.8 Å². The van der Waals surface area contributed by atoms with Crippen LogP contribution in [0.1, 0.15) is 38.1 Å². The van der Waals surface area contributed by atoms with Gasteiger partial charge in [0.1, 0.15) is 11.8 Å². The maximum absolute atomic E-state index is 12.0. The van der Waals surface area contributed by atoms with Crippen LogP contribution in [0, 0.1) is 0 Å². The Morgan fingerprint density at radius 3 is 2.63 bits per heavy atom. The topological polar surface area (TPSA) is 74.7 Å². The van der Waals surface area contributed by atoms with Crippen molar-refractivity contribution in [2.24, 2.45) is 0 Å². The average molecular weight is 424 g/mol. The molecule has 156 valence electrons.